The maximum Gasteiger partial charge on any atom is 0.455 e. The zero-order valence-electron chi connectivity index (χ0n) is 41.2. The molecule has 0 aliphatic carbocycles. The van der Waals surface area contributed by atoms with Crippen molar-refractivity contribution in [1.82, 2.24) is 4.57 Å². The Labute approximate surface area is 492 Å². The van der Waals surface area contributed by atoms with Gasteiger partial charge >= 0.3 is 6.18 Å². The van der Waals surface area contributed by atoms with Gasteiger partial charge in [0, 0.05) is 108 Å². The van der Waals surface area contributed by atoms with Crippen molar-refractivity contribution in [3.63, 3.8) is 0 Å². The second kappa shape index (κ2) is 22.7. The third kappa shape index (κ3) is 9.94. The van der Waals surface area contributed by atoms with Gasteiger partial charge in [-0.25, -0.2) is 0 Å². The van der Waals surface area contributed by atoms with Gasteiger partial charge in [-0.2, -0.15) is 13.2 Å². The van der Waals surface area contributed by atoms with Crippen LogP contribution in [0, 0.1) is 49.4 Å². The fraction of sp³-hybridized carbons (Fsp3) is 0.0154. The topological polar surface area (TPSA) is 93.4 Å². The normalized spacial score (nSPS) is 11.7. The van der Waals surface area contributed by atoms with Crippen LogP contribution in [0.1, 0.15) is 10.4 Å². The molecule has 2 aromatic heterocycles. The van der Waals surface area contributed by atoms with E-state index in [1.165, 1.54) is 17.4 Å². The van der Waals surface area contributed by atoms with Crippen LogP contribution in [0.4, 0.5) is 13.2 Å². The Bertz CT molecular complexity index is 4090. The molecule has 13 heteroatoms. The van der Waals surface area contributed by atoms with Gasteiger partial charge in [-0.3, -0.25) is 14.2 Å². The van der Waals surface area contributed by atoms with E-state index < -0.39 is 43.1 Å². The van der Waals surface area contributed by atoms with Crippen molar-refractivity contribution < 1.29 is 81.6 Å². The summed E-state index contributed by atoms with van der Waals surface area (Å²) in [4.78, 5) is 25.9. The van der Waals surface area contributed by atoms with Crippen LogP contribution in [-0.4, -0.2) is 21.6 Å². The van der Waals surface area contributed by atoms with Crippen molar-refractivity contribution in [2.75, 3.05) is 0 Å². The van der Waals surface area contributed by atoms with E-state index in [4.69, 9.17) is 0 Å². The van der Waals surface area contributed by atoms with E-state index in [1.54, 1.807) is 30.3 Å². The van der Waals surface area contributed by atoms with Crippen molar-refractivity contribution in [3.05, 3.63) is 277 Å². The van der Waals surface area contributed by atoms with Crippen LogP contribution in [0.5, 0.6) is 5.75 Å². The largest absolute Gasteiger partial charge is 0.506 e. The Kier molecular flexibility index (Phi) is 15.8. The minimum atomic E-state index is -5.33. The quantitative estimate of drug-likeness (QED) is 0.109. The molecule has 0 aliphatic rings. The number of hydrogen-bond donors (Lipinski definition) is 1. The van der Waals surface area contributed by atoms with Crippen molar-refractivity contribution in [2.24, 2.45) is 0 Å². The zero-order chi connectivity index (χ0) is 53.3. The van der Waals surface area contributed by atoms with Crippen molar-refractivity contribution >= 4 is 94.3 Å². The minimum absolute atomic E-state index is 0. The number of carbonyl (C=O) groups excluding carboxylic acids is 1. The fourth-order valence-corrected chi connectivity index (χ4v) is 17.0. The molecular weight excluding hydrogens is 1180 g/mol. The number of nitrogens with zero attached hydrogens (tertiary/aromatic N) is 1. The second-order valence-electron chi connectivity index (χ2n) is 18.1. The maximum absolute atomic E-state index is 15.4. The summed E-state index contributed by atoms with van der Waals surface area (Å²) in [6.45, 7) is 0. The van der Waals surface area contributed by atoms with Gasteiger partial charge in [0.15, 0.2) is 14.3 Å². The van der Waals surface area contributed by atoms with Gasteiger partial charge in [-0.05, 0) is 46.5 Å². The van der Waals surface area contributed by atoms with E-state index >= 15 is 9.13 Å². The molecule has 0 amide bonds. The second-order valence-corrected chi connectivity index (χ2v) is 24.7. The Morgan fingerprint density at radius 3 is 1.29 bits per heavy atom. The third-order valence-electron chi connectivity index (χ3n) is 13.6. The van der Waals surface area contributed by atoms with Crippen LogP contribution in [0.15, 0.2) is 266 Å². The third-order valence-corrected chi connectivity index (χ3v) is 21.1. The van der Waals surface area contributed by atoms with Crippen LogP contribution in [0.2, 0.25) is 0 Å². The summed E-state index contributed by atoms with van der Waals surface area (Å²) in [7, 11) is -6.57. The van der Waals surface area contributed by atoms with E-state index in [0.29, 0.717) is 4.70 Å². The van der Waals surface area contributed by atoms with Gasteiger partial charge in [0.2, 0.25) is 0 Å². The average molecular weight is 1220 g/mol. The van der Waals surface area contributed by atoms with Crippen LogP contribution in [0.3, 0.4) is 0 Å². The minimum Gasteiger partial charge on any atom is -0.506 e. The Morgan fingerprint density at radius 1 is 0.449 bits per heavy atom. The molecule has 12 aromatic rings. The first-order valence-corrected chi connectivity index (χ1v) is 28.7. The number of alkyl halides is 3. The number of Topliss-reactive ketones (excluding diaryl/α,β-unsaturated/α-hetero) is 1. The van der Waals surface area contributed by atoms with E-state index in [0.717, 1.165) is 74.1 Å². The summed E-state index contributed by atoms with van der Waals surface area (Å²) in [6.07, 6.45) is -5.33. The standard InChI is InChI=1S/C36H28O2P2.C29H16F3NO3S.Eu/c37-39(29-17-5-1-6-18-29,30-19-7-2-8-20-30)35-27-15-13-25-33(35)34-26-14-16-28-36(34)40(38,31-21-9-3-10-22-31)32-23-11-4-12-24-32;30-29(31,32)27(35)23-25(34)21-15-14-20-19-8-4-5-9-22(19)37-26(20)24(21)33(28(23)36)18-12-10-17(11-13-18)16-6-2-1-3-7-16;/h1-28H;1-15,34H;. The summed E-state index contributed by atoms with van der Waals surface area (Å²) in [6, 6.07) is 81.4. The van der Waals surface area contributed by atoms with E-state index in [2.05, 4.69) is 0 Å². The summed E-state index contributed by atoms with van der Waals surface area (Å²) in [5, 5.41) is 17.0. The number of thiophene rings is 1. The predicted octanol–water partition coefficient (Wildman–Crippen LogP) is 14.1. The van der Waals surface area contributed by atoms with Gasteiger partial charge in [0.1, 0.15) is 11.3 Å². The molecule has 6 nitrogen and oxygen atoms in total. The molecule has 0 atom stereocenters. The van der Waals surface area contributed by atoms with E-state index in [-0.39, 0.29) is 66.0 Å². The van der Waals surface area contributed by atoms with Crippen LogP contribution < -0.4 is 37.4 Å². The van der Waals surface area contributed by atoms with Gasteiger partial charge in [-0.15, -0.1) is 11.3 Å². The van der Waals surface area contributed by atoms with Crippen LogP contribution >= 0.6 is 25.6 Å². The van der Waals surface area contributed by atoms with Crippen LogP contribution in [0.25, 0.3) is 59.0 Å². The number of halogens is 3. The maximum atomic E-state index is 15.4. The number of rotatable bonds is 10. The molecule has 1 radical (unpaired) electrons. The molecule has 0 bridgehead atoms. The smallest absolute Gasteiger partial charge is 0.455 e. The first-order valence-electron chi connectivity index (χ1n) is 24.5. The summed E-state index contributed by atoms with van der Waals surface area (Å²) in [5.74, 6) is -3.36. The molecular formula is C65H44EuF3NO5P2S. The Hall–Kier alpha value is -7.07. The van der Waals surface area contributed by atoms with Gasteiger partial charge in [0.05, 0.1) is 10.2 Å². The number of aromatic nitrogens is 1. The first-order chi connectivity index (χ1) is 37.4. The summed E-state index contributed by atoms with van der Waals surface area (Å²) in [5.41, 5.74) is 1.40. The van der Waals surface area contributed by atoms with Crippen molar-refractivity contribution in [3.8, 4) is 33.7 Å². The first kappa shape index (κ1) is 54.3. The summed E-state index contributed by atoms with van der Waals surface area (Å²) < 4.78 is 73.9. The number of carbonyl (C=O) groups is 1. The number of benzene rings is 10. The molecule has 12 rings (SSSR count). The molecule has 383 valence electrons. The predicted molar refractivity (Wildman–Crippen MR) is 311 cm³/mol. The average Bonchev–Trinajstić information content (AvgIpc) is 3.95. The molecule has 0 saturated heterocycles. The molecule has 0 spiro atoms. The van der Waals surface area contributed by atoms with Crippen molar-refractivity contribution in [1.29, 1.82) is 0 Å². The number of aromatic hydroxyl groups is 1. The molecule has 1 N–H and O–H groups in total. The molecule has 0 unspecified atom stereocenters. The Balaban J connectivity index is 0.000000175. The molecule has 78 heavy (non-hydrogen) atoms. The van der Waals surface area contributed by atoms with Gasteiger partial charge in [-0.1, -0.05) is 237 Å². The monoisotopic (exact) mass is 1220 g/mol. The SMILES string of the molecule is O=C(c1c(O)c2ccc3c4ccccc4sc3c2n(-c2ccc(-c3ccccc3)cc2)c1=O)C(F)(F)F.O=P(c1ccccc1)(c1ccccc1)c1ccccc1-c1ccccc1P(=O)(c1ccccc1)c1ccccc1.[Eu]. The number of hydrogen-bond acceptors (Lipinski definition) is 6. The molecule has 0 saturated carbocycles. The van der Waals surface area contributed by atoms with Crippen molar-refractivity contribution in [2.45, 2.75) is 6.18 Å². The molecule has 10 aromatic carbocycles. The number of ketones is 1. The van der Waals surface area contributed by atoms with Gasteiger partial charge in [0.25, 0.3) is 11.3 Å². The fourth-order valence-electron chi connectivity index (χ4n) is 10.0. The van der Waals surface area contributed by atoms with Gasteiger partial charge < -0.3 is 14.2 Å². The molecule has 0 fully saturated rings. The Morgan fingerprint density at radius 2 is 0.833 bits per heavy atom. The molecule has 2 heterocycles. The van der Waals surface area contributed by atoms with E-state index in [9.17, 15) is 27.9 Å². The summed E-state index contributed by atoms with van der Waals surface area (Å²) >= 11 is 1.36. The zero-order valence-corrected chi connectivity index (χ0v) is 46.2. The number of fused-ring (bicyclic) bond motifs is 5. The van der Waals surface area contributed by atoms with E-state index in [1.807, 2.05) is 224 Å². The number of pyridine rings is 1. The molecule has 0 aliphatic heterocycles. The van der Waals surface area contributed by atoms with Crippen LogP contribution in [-0.2, 0) is 9.13 Å².